The summed E-state index contributed by atoms with van der Waals surface area (Å²) in [7, 11) is 1.30. The second kappa shape index (κ2) is 3.89. The first-order valence-corrected chi connectivity index (χ1v) is 4.90. The minimum Gasteiger partial charge on any atom is -0.469 e. The molecule has 0 radical (unpaired) electrons. The SMILES string of the molecule is COC(=O)CC1(C=O)C=Nc2ccccc21. The van der Waals surface area contributed by atoms with Crippen LogP contribution in [-0.2, 0) is 19.7 Å². The van der Waals surface area contributed by atoms with E-state index in [1.54, 1.807) is 6.07 Å². The van der Waals surface area contributed by atoms with Gasteiger partial charge in [-0.05, 0) is 11.6 Å². The molecule has 0 saturated heterocycles. The van der Waals surface area contributed by atoms with Crippen molar-refractivity contribution >= 4 is 24.2 Å². The molecule has 0 saturated carbocycles. The molecule has 0 spiro atoms. The van der Waals surface area contributed by atoms with E-state index in [1.807, 2.05) is 18.2 Å². The first-order valence-electron chi connectivity index (χ1n) is 4.90. The van der Waals surface area contributed by atoms with E-state index in [0.717, 1.165) is 17.5 Å². The van der Waals surface area contributed by atoms with E-state index in [2.05, 4.69) is 9.73 Å². The molecular formula is C12H11NO3. The zero-order chi connectivity index (χ0) is 11.6. The zero-order valence-corrected chi connectivity index (χ0v) is 8.84. The highest BCUT2D eigenvalue weighted by Crippen LogP contribution is 2.37. The predicted molar refractivity (Wildman–Crippen MR) is 59.0 cm³/mol. The molecule has 1 aliphatic rings. The Labute approximate surface area is 92.9 Å². The lowest BCUT2D eigenvalue weighted by molar-refractivity contribution is -0.142. The maximum atomic E-state index is 11.3. The minimum absolute atomic E-state index is 0.00644. The van der Waals surface area contributed by atoms with Gasteiger partial charge in [-0.15, -0.1) is 0 Å². The van der Waals surface area contributed by atoms with Crippen LogP contribution >= 0.6 is 0 Å². The van der Waals surface area contributed by atoms with Crippen molar-refractivity contribution in [1.29, 1.82) is 0 Å². The number of ether oxygens (including phenoxy) is 1. The Bertz CT molecular complexity index is 467. The molecule has 0 fully saturated rings. The summed E-state index contributed by atoms with van der Waals surface area (Å²) in [6.07, 6.45) is 2.26. The number of esters is 1. The molecule has 1 atom stereocenters. The fraction of sp³-hybridized carbons (Fsp3) is 0.250. The van der Waals surface area contributed by atoms with Crippen LogP contribution in [0.2, 0.25) is 0 Å². The zero-order valence-electron chi connectivity index (χ0n) is 8.84. The van der Waals surface area contributed by atoms with Gasteiger partial charge in [0.25, 0.3) is 0 Å². The third-order valence-corrected chi connectivity index (χ3v) is 2.71. The maximum Gasteiger partial charge on any atom is 0.307 e. The second-order valence-electron chi connectivity index (χ2n) is 3.69. The second-order valence-corrected chi connectivity index (χ2v) is 3.69. The maximum absolute atomic E-state index is 11.3. The third-order valence-electron chi connectivity index (χ3n) is 2.71. The Morgan fingerprint density at radius 2 is 2.25 bits per heavy atom. The van der Waals surface area contributed by atoms with Crippen molar-refractivity contribution in [3.63, 3.8) is 0 Å². The topological polar surface area (TPSA) is 55.7 Å². The van der Waals surface area contributed by atoms with Gasteiger partial charge in [-0.25, -0.2) is 0 Å². The standard InChI is InChI=1S/C12H11NO3/c1-16-11(15)6-12(8-14)7-13-10-5-3-2-4-9(10)12/h2-5,7-8H,6H2,1H3. The highest BCUT2D eigenvalue weighted by Gasteiger charge is 2.38. The number of aliphatic imine (C=N–C) groups is 1. The van der Waals surface area contributed by atoms with Crippen molar-refractivity contribution in [3.05, 3.63) is 29.8 Å². The summed E-state index contributed by atoms with van der Waals surface area (Å²) in [5, 5.41) is 0. The van der Waals surface area contributed by atoms with Gasteiger partial charge in [0.15, 0.2) is 0 Å². The molecule has 4 heteroatoms. The Balaban J connectivity index is 2.42. The Kier molecular flexibility index (Phi) is 2.56. The van der Waals surface area contributed by atoms with E-state index in [9.17, 15) is 9.59 Å². The van der Waals surface area contributed by atoms with Crippen LogP contribution in [0.5, 0.6) is 0 Å². The molecule has 4 nitrogen and oxygen atoms in total. The van der Waals surface area contributed by atoms with Gasteiger partial charge in [0, 0.05) is 6.21 Å². The molecule has 0 aliphatic carbocycles. The van der Waals surface area contributed by atoms with Crippen molar-refractivity contribution in [2.24, 2.45) is 4.99 Å². The molecule has 82 valence electrons. The number of fused-ring (bicyclic) bond motifs is 1. The number of hydrogen-bond acceptors (Lipinski definition) is 4. The molecule has 16 heavy (non-hydrogen) atoms. The van der Waals surface area contributed by atoms with E-state index in [0.29, 0.717) is 0 Å². The molecule has 0 bridgehead atoms. The van der Waals surface area contributed by atoms with E-state index in [-0.39, 0.29) is 6.42 Å². The van der Waals surface area contributed by atoms with Gasteiger partial charge >= 0.3 is 5.97 Å². The normalized spacial score (nSPS) is 21.6. The fourth-order valence-corrected chi connectivity index (χ4v) is 1.82. The van der Waals surface area contributed by atoms with Crippen LogP contribution < -0.4 is 0 Å². The predicted octanol–water partition coefficient (Wildman–Crippen LogP) is 1.40. The molecule has 0 aromatic heterocycles. The number of carbonyl (C=O) groups is 2. The van der Waals surface area contributed by atoms with E-state index < -0.39 is 11.4 Å². The van der Waals surface area contributed by atoms with Gasteiger partial charge in [-0.2, -0.15) is 0 Å². The van der Waals surface area contributed by atoms with Crippen LogP contribution in [0.4, 0.5) is 5.69 Å². The lowest BCUT2D eigenvalue weighted by Gasteiger charge is -2.18. The molecular weight excluding hydrogens is 206 g/mol. The molecule has 0 amide bonds. The summed E-state index contributed by atoms with van der Waals surface area (Å²) in [4.78, 5) is 26.7. The molecule has 1 heterocycles. The van der Waals surface area contributed by atoms with Crippen LogP contribution in [0.15, 0.2) is 29.3 Å². The number of nitrogens with zero attached hydrogens (tertiary/aromatic N) is 1. The van der Waals surface area contributed by atoms with Gasteiger partial charge in [0.2, 0.25) is 0 Å². The van der Waals surface area contributed by atoms with Crippen LogP contribution in [0.3, 0.4) is 0 Å². The first kappa shape index (κ1) is 10.5. The quantitative estimate of drug-likeness (QED) is 0.568. The number of carbonyl (C=O) groups excluding carboxylic acids is 2. The van der Waals surface area contributed by atoms with Gasteiger partial charge in [0.05, 0.1) is 24.6 Å². The summed E-state index contributed by atoms with van der Waals surface area (Å²) in [6, 6.07) is 7.28. The van der Waals surface area contributed by atoms with Crippen LogP contribution in [0, 0.1) is 0 Å². The van der Waals surface area contributed by atoms with Gasteiger partial charge in [-0.3, -0.25) is 9.79 Å². The lowest BCUT2D eigenvalue weighted by Crippen LogP contribution is -2.31. The molecule has 1 aliphatic heterocycles. The number of aldehydes is 1. The summed E-state index contributed by atoms with van der Waals surface area (Å²) in [5.41, 5.74) is 0.540. The summed E-state index contributed by atoms with van der Waals surface area (Å²) >= 11 is 0. The summed E-state index contributed by atoms with van der Waals surface area (Å²) in [6.45, 7) is 0. The number of hydrogen-bond donors (Lipinski definition) is 0. The smallest absolute Gasteiger partial charge is 0.307 e. The Morgan fingerprint density at radius 3 is 2.94 bits per heavy atom. The number of para-hydroxylation sites is 1. The van der Waals surface area contributed by atoms with Crippen LogP contribution in [0.1, 0.15) is 12.0 Å². The minimum atomic E-state index is -0.955. The molecule has 2 rings (SSSR count). The van der Waals surface area contributed by atoms with Crippen molar-refractivity contribution in [2.75, 3.05) is 7.11 Å². The van der Waals surface area contributed by atoms with Crippen molar-refractivity contribution in [3.8, 4) is 0 Å². The average molecular weight is 217 g/mol. The molecule has 1 aromatic carbocycles. The van der Waals surface area contributed by atoms with Gasteiger partial charge in [0.1, 0.15) is 6.29 Å². The third kappa shape index (κ3) is 1.52. The van der Waals surface area contributed by atoms with Crippen molar-refractivity contribution in [1.82, 2.24) is 0 Å². The van der Waals surface area contributed by atoms with Crippen LogP contribution in [-0.4, -0.2) is 25.6 Å². The highest BCUT2D eigenvalue weighted by molar-refractivity contribution is 6.03. The first-order chi connectivity index (χ1) is 7.72. The monoisotopic (exact) mass is 217 g/mol. The fourth-order valence-electron chi connectivity index (χ4n) is 1.82. The lowest BCUT2D eigenvalue weighted by atomic mass is 9.81. The highest BCUT2D eigenvalue weighted by atomic mass is 16.5. The molecule has 1 aromatic rings. The largest absolute Gasteiger partial charge is 0.469 e. The van der Waals surface area contributed by atoms with Gasteiger partial charge in [-0.1, -0.05) is 18.2 Å². The van der Waals surface area contributed by atoms with E-state index in [4.69, 9.17) is 0 Å². The molecule has 1 unspecified atom stereocenters. The molecule has 0 N–H and O–H groups in total. The van der Waals surface area contributed by atoms with Gasteiger partial charge < -0.3 is 9.53 Å². The number of benzene rings is 1. The Hall–Kier alpha value is -1.97. The van der Waals surface area contributed by atoms with E-state index >= 15 is 0 Å². The van der Waals surface area contributed by atoms with Crippen LogP contribution in [0.25, 0.3) is 0 Å². The average Bonchev–Trinajstić information content (AvgIpc) is 2.69. The van der Waals surface area contributed by atoms with Crippen molar-refractivity contribution in [2.45, 2.75) is 11.8 Å². The Morgan fingerprint density at radius 1 is 1.50 bits per heavy atom. The summed E-state index contributed by atoms with van der Waals surface area (Å²) in [5.74, 6) is -0.421. The number of rotatable bonds is 3. The van der Waals surface area contributed by atoms with E-state index in [1.165, 1.54) is 13.3 Å². The number of methoxy groups -OCH3 is 1. The van der Waals surface area contributed by atoms with Crippen molar-refractivity contribution < 1.29 is 14.3 Å². The summed E-state index contributed by atoms with van der Waals surface area (Å²) < 4.78 is 4.59.